The Morgan fingerprint density at radius 3 is 1.08 bits per heavy atom. The summed E-state index contributed by atoms with van der Waals surface area (Å²) in [5.74, 6) is -15.1. The van der Waals surface area contributed by atoms with Crippen LogP contribution in [0.2, 0.25) is 0 Å². The first-order valence-electron chi connectivity index (χ1n) is 5.03. The van der Waals surface area contributed by atoms with Crippen molar-refractivity contribution in [3.8, 4) is 0 Å². The van der Waals surface area contributed by atoms with Gasteiger partial charge < -0.3 is 0 Å². The van der Waals surface area contributed by atoms with Gasteiger partial charge in [-0.05, 0) is 11.6 Å². The van der Waals surface area contributed by atoms with Crippen molar-refractivity contribution < 1.29 is 61.1 Å². The molecule has 26 heavy (non-hydrogen) atoms. The van der Waals surface area contributed by atoms with Gasteiger partial charge in [0, 0.05) is 10.7 Å². The van der Waals surface area contributed by atoms with Gasteiger partial charge in [0.15, 0.2) is 0 Å². The molecule has 2 nitrogen and oxygen atoms in total. The lowest BCUT2D eigenvalue weighted by Gasteiger charge is -2.43. The van der Waals surface area contributed by atoms with Crippen LogP contribution in [0.15, 0.2) is 0 Å². The van der Waals surface area contributed by atoms with Crippen LogP contribution in [-0.2, 0) is 9.05 Å². The summed E-state index contributed by atoms with van der Waals surface area (Å²) < 4.78 is 178. The molecule has 0 aliphatic carbocycles. The fourth-order valence-electron chi connectivity index (χ4n) is 1.24. The summed E-state index contributed by atoms with van der Waals surface area (Å²) in [5, 5.41) is -27.3. The SMILES string of the molecule is O=S(=O)(Cl)C(F)(C(F)(F)F)C(F)(F)C(F)(Cl)C(F)(F)C(F)(Cl)C(F)(F)Cl. The molecule has 0 rings (SSSR count). The molecule has 0 bridgehead atoms. The lowest BCUT2D eigenvalue weighted by atomic mass is 9.97. The lowest BCUT2D eigenvalue weighted by Crippen LogP contribution is -2.73. The first-order chi connectivity index (χ1) is 10.8. The molecule has 0 saturated heterocycles. The molecule has 3 atom stereocenters. The van der Waals surface area contributed by atoms with E-state index in [2.05, 4.69) is 45.5 Å². The maximum atomic E-state index is 13.7. The zero-order valence-electron chi connectivity index (χ0n) is 10.8. The maximum Gasteiger partial charge on any atom is 0.445 e. The normalized spacial score (nSPS) is 22.3. The summed E-state index contributed by atoms with van der Waals surface area (Å²) in [5.41, 5.74) is 0. The molecule has 3 unspecified atom stereocenters. The quantitative estimate of drug-likeness (QED) is 0.257. The fraction of sp³-hybridized carbons (Fsp3) is 1.00. The second-order valence-corrected chi connectivity index (χ2v) is 8.50. The highest BCUT2D eigenvalue weighted by atomic mass is 35.7. The molecule has 0 heterocycles. The van der Waals surface area contributed by atoms with Crippen LogP contribution in [0.4, 0.5) is 52.7 Å². The van der Waals surface area contributed by atoms with Crippen LogP contribution >= 0.6 is 45.5 Å². The Balaban J connectivity index is 6.96. The Kier molecular flexibility index (Phi) is 6.45. The molecule has 0 aliphatic rings. The molecule has 0 amide bonds. The Morgan fingerprint density at radius 2 is 0.885 bits per heavy atom. The van der Waals surface area contributed by atoms with Crippen LogP contribution in [0.1, 0.15) is 0 Å². The number of alkyl halides is 15. The lowest BCUT2D eigenvalue weighted by molar-refractivity contribution is -0.326. The molecule has 0 spiro atoms. The van der Waals surface area contributed by atoms with E-state index in [1.54, 1.807) is 0 Å². The predicted octanol–water partition coefficient (Wildman–Crippen LogP) is 5.69. The van der Waals surface area contributed by atoms with E-state index < -0.39 is 47.7 Å². The third kappa shape index (κ3) is 3.28. The van der Waals surface area contributed by atoms with Crippen LogP contribution in [0, 0.1) is 0 Å². The van der Waals surface area contributed by atoms with Gasteiger partial charge in [0.2, 0.25) is 0 Å². The fourth-order valence-corrected chi connectivity index (χ4v) is 3.13. The molecule has 0 N–H and O–H groups in total. The van der Waals surface area contributed by atoms with E-state index in [0.29, 0.717) is 0 Å². The summed E-state index contributed by atoms with van der Waals surface area (Å²) in [6, 6.07) is 0. The van der Waals surface area contributed by atoms with E-state index in [-0.39, 0.29) is 0 Å². The van der Waals surface area contributed by atoms with E-state index >= 15 is 0 Å². The van der Waals surface area contributed by atoms with Gasteiger partial charge in [0.05, 0.1) is 0 Å². The molecule has 0 aromatic carbocycles. The Bertz CT molecular complexity index is 653. The van der Waals surface area contributed by atoms with Crippen molar-refractivity contribution in [1.82, 2.24) is 0 Å². The van der Waals surface area contributed by atoms with E-state index in [4.69, 9.17) is 0 Å². The second kappa shape index (κ2) is 6.39. The monoisotopic (exact) mass is 516 g/mol. The summed E-state index contributed by atoms with van der Waals surface area (Å²) in [7, 11) is -3.62. The molecule has 0 radical (unpaired) electrons. The minimum absolute atomic E-state index is 3.71. The number of rotatable bonds is 6. The first-order valence-corrected chi connectivity index (χ1v) is 8.47. The number of hydrogen-bond donors (Lipinski definition) is 0. The zero-order chi connectivity index (χ0) is 22.0. The van der Waals surface area contributed by atoms with Gasteiger partial charge in [-0.3, -0.25) is 0 Å². The largest absolute Gasteiger partial charge is 0.445 e. The second-order valence-electron chi connectivity index (χ2n) is 4.33. The highest BCUT2D eigenvalue weighted by Gasteiger charge is 2.93. The maximum absolute atomic E-state index is 13.7. The Labute approximate surface area is 154 Å². The standard InChI is InChI=1S/C7Cl4F12O2S/c8-1(12,3(14,15)2(9,13)6(10,19)20)4(16,17)5(18,7(21,22)23)26(11,24)25. The minimum Gasteiger partial charge on any atom is -0.212 e. The molecular weight excluding hydrogens is 518 g/mol. The molecule has 19 heteroatoms. The van der Waals surface area contributed by atoms with Crippen molar-refractivity contribution in [3.05, 3.63) is 0 Å². The molecule has 0 aliphatic heterocycles. The van der Waals surface area contributed by atoms with Crippen molar-refractivity contribution in [2.24, 2.45) is 0 Å². The molecule has 0 aromatic rings. The summed E-state index contributed by atoms with van der Waals surface area (Å²) in [6.45, 7) is 0. The number of halogens is 16. The van der Waals surface area contributed by atoms with Crippen LogP contribution < -0.4 is 0 Å². The average molecular weight is 518 g/mol. The van der Waals surface area contributed by atoms with Crippen LogP contribution in [0.3, 0.4) is 0 Å². The van der Waals surface area contributed by atoms with Crippen LogP contribution in [0.5, 0.6) is 0 Å². The smallest absolute Gasteiger partial charge is 0.212 e. The van der Waals surface area contributed by atoms with Crippen molar-refractivity contribution in [2.45, 2.75) is 38.7 Å². The summed E-state index contributed by atoms with van der Waals surface area (Å²) in [6.07, 6.45) is -7.48. The topological polar surface area (TPSA) is 34.1 Å². The Morgan fingerprint density at radius 1 is 0.577 bits per heavy atom. The van der Waals surface area contributed by atoms with Gasteiger partial charge in [-0.25, -0.2) is 21.6 Å². The van der Waals surface area contributed by atoms with Crippen molar-refractivity contribution >= 4 is 54.5 Å². The van der Waals surface area contributed by atoms with E-state index in [9.17, 15) is 61.1 Å². The van der Waals surface area contributed by atoms with Gasteiger partial charge in [0.25, 0.3) is 9.05 Å². The van der Waals surface area contributed by atoms with Crippen LogP contribution in [0.25, 0.3) is 0 Å². The Hall–Kier alpha value is 0.270. The molecule has 0 fully saturated rings. The average Bonchev–Trinajstić information content (AvgIpc) is 2.32. The minimum atomic E-state index is -7.75. The summed E-state index contributed by atoms with van der Waals surface area (Å²) >= 11 is 11.3. The van der Waals surface area contributed by atoms with Crippen molar-refractivity contribution in [1.29, 1.82) is 0 Å². The van der Waals surface area contributed by atoms with Gasteiger partial charge >= 0.3 is 38.7 Å². The third-order valence-electron chi connectivity index (χ3n) is 2.64. The molecular formula is C7Cl4F12O2S. The molecule has 158 valence electrons. The van der Waals surface area contributed by atoms with Gasteiger partial charge in [-0.2, -0.15) is 39.5 Å². The van der Waals surface area contributed by atoms with Gasteiger partial charge in [-0.1, -0.05) is 23.2 Å². The van der Waals surface area contributed by atoms with E-state index in [1.165, 1.54) is 0 Å². The molecule has 0 aromatic heterocycles. The van der Waals surface area contributed by atoms with Gasteiger partial charge in [0.1, 0.15) is 0 Å². The number of hydrogen-bond acceptors (Lipinski definition) is 2. The summed E-state index contributed by atoms with van der Waals surface area (Å²) in [4.78, 5) is 0. The van der Waals surface area contributed by atoms with Gasteiger partial charge in [-0.15, -0.1) is 0 Å². The third-order valence-corrected chi connectivity index (χ3v) is 5.75. The first kappa shape index (κ1) is 26.3. The predicted molar refractivity (Wildman–Crippen MR) is 64.7 cm³/mol. The van der Waals surface area contributed by atoms with E-state index in [1.807, 2.05) is 0 Å². The highest BCUT2D eigenvalue weighted by molar-refractivity contribution is 8.14. The zero-order valence-corrected chi connectivity index (χ0v) is 14.6. The van der Waals surface area contributed by atoms with E-state index in [0.717, 1.165) is 0 Å². The van der Waals surface area contributed by atoms with Crippen LogP contribution in [-0.4, -0.2) is 47.1 Å². The highest BCUT2D eigenvalue weighted by Crippen LogP contribution is 2.65. The van der Waals surface area contributed by atoms with Crippen molar-refractivity contribution in [3.63, 3.8) is 0 Å². The van der Waals surface area contributed by atoms with Crippen molar-refractivity contribution in [2.75, 3.05) is 0 Å². The molecule has 0 saturated carbocycles.